The van der Waals surface area contributed by atoms with E-state index in [2.05, 4.69) is 6.42 Å². The monoisotopic (exact) mass is 884 g/mol. The van der Waals surface area contributed by atoms with Crippen molar-refractivity contribution in [3.63, 3.8) is 0 Å². The normalized spacial score (nSPS) is 25.9. The van der Waals surface area contributed by atoms with Crippen LogP contribution in [0.25, 0.3) is 0 Å². The Balaban J connectivity index is 0.000000206. The summed E-state index contributed by atoms with van der Waals surface area (Å²) in [6.45, 7) is 0. The third kappa shape index (κ3) is 26.1. The van der Waals surface area contributed by atoms with Gasteiger partial charge in [0.25, 0.3) is 0 Å². The molecular weight excluding hydrogens is 796 g/mol. The van der Waals surface area contributed by atoms with E-state index in [0.717, 1.165) is 77.0 Å². The molecule has 0 amide bonds. The lowest BCUT2D eigenvalue weighted by molar-refractivity contribution is 0.161. The highest BCUT2D eigenvalue weighted by atomic mass is 31.1. The first-order valence-electron chi connectivity index (χ1n) is 24.2. The van der Waals surface area contributed by atoms with Crippen molar-refractivity contribution in [1.82, 2.24) is 0 Å². The third-order valence-corrected chi connectivity index (χ3v) is 18.6. The van der Waals surface area contributed by atoms with Crippen LogP contribution in [0.5, 0.6) is 0 Å². The molecule has 57 heavy (non-hydrogen) atoms. The van der Waals surface area contributed by atoms with Crippen molar-refractivity contribution in [2.24, 2.45) is 0 Å². The Labute approximate surface area is 352 Å². The predicted molar refractivity (Wildman–Crippen MR) is 242 cm³/mol. The van der Waals surface area contributed by atoms with E-state index in [1.165, 1.54) is 161 Å². The summed E-state index contributed by atoms with van der Waals surface area (Å²) in [6, 6.07) is 0. The van der Waals surface area contributed by atoms with E-state index < -0.39 is 32.3 Å². The van der Waals surface area contributed by atoms with E-state index in [1.54, 1.807) is 0 Å². The summed E-state index contributed by atoms with van der Waals surface area (Å²) >= 11 is 0. The van der Waals surface area contributed by atoms with E-state index >= 15 is 0 Å². The Morgan fingerprint density at radius 2 is 0.509 bits per heavy atom. The van der Waals surface area contributed by atoms with Gasteiger partial charge in [-0.2, -0.15) is 0 Å². The van der Waals surface area contributed by atoms with E-state index in [0.29, 0.717) is 35.3 Å². The van der Waals surface area contributed by atoms with Crippen molar-refractivity contribution >= 4 is 32.3 Å². The minimum absolute atomic E-state index is 0.303. The second-order valence-electron chi connectivity index (χ2n) is 18.0. The molecule has 0 aromatic carbocycles. The van der Waals surface area contributed by atoms with Crippen molar-refractivity contribution in [1.29, 1.82) is 0 Å². The fraction of sp³-hybridized carbons (Fsp3) is 0.977. The quantitative estimate of drug-likeness (QED) is 0.217. The van der Waals surface area contributed by atoms with Gasteiger partial charge in [-0.05, 0) is 83.5 Å². The zero-order chi connectivity index (χ0) is 40.8. The Bertz CT molecular complexity index is 1040. The van der Waals surface area contributed by atoms with E-state index in [9.17, 15) is 13.7 Å². The van der Waals surface area contributed by atoms with Crippen molar-refractivity contribution in [3.05, 3.63) is 6.42 Å². The summed E-state index contributed by atoms with van der Waals surface area (Å²) in [5, 5.41) is 0. The molecule has 0 bridgehead atoms. The van der Waals surface area contributed by atoms with Crippen LogP contribution in [0.1, 0.15) is 238 Å². The molecule has 0 aromatic rings. The highest BCUT2D eigenvalue weighted by Crippen LogP contribution is 2.44. The second kappa shape index (κ2) is 34.2. The lowest BCUT2D eigenvalue weighted by Crippen LogP contribution is -2.16. The SMILES string of the molecule is O=[PH](O)O.O=[PH](OC1CCCC1)C1CCCC1.O=[PH](OC1CCCCC1)C1CCCCC1.O=[PH](OC1CCCCCCC1)C1CCCCCCC1.[CH]1CCCCC1. The summed E-state index contributed by atoms with van der Waals surface area (Å²) in [6.07, 6.45) is 50.1. The standard InChI is InChI=1S/C16H31O2P.C12H23O2P.C10H19O2P.C6H11.H3O3P/c17-19(16-13-9-5-2-6-10-14-16)18-15-11-7-3-1-4-8-12-15;13-15(12-9-5-2-6-10-12)14-11-7-3-1-4-8-11;11-13(10-7-3-4-8-10)12-9-5-1-2-6-9;1-2-4-6-5-3-1;1-4(2)3/h15-16,19H,1-14H2;11-12,15H,1-10H2;9-10,13H,1-8H2;1H,2-6H2;4H,(H2,1,2,3). The van der Waals surface area contributed by atoms with Crippen molar-refractivity contribution < 1.29 is 41.6 Å². The third-order valence-electron chi connectivity index (χ3n) is 13.1. The molecule has 0 aromatic heterocycles. The molecule has 7 rings (SSSR count). The molecule has 7 aliphatic rings. The lowest BCUT2D eigenvalue weighted by atomic mass is 9.98. The van der Waals surface area contributed by atoms with Crippen LogP contribution in [0.15, 0.2) is 0 Å². The maximum Gasteiger partial charge on any atom is 0.314 e. The molecular formula is C44H87O9P4. The van der Waals surface area contributed by atoms with Gasteiger partial charge in [0.05, 0.1) is 18.3 Å². The summed E-state index contributed by atoms with van der Waals surface area (Å²) in [5.74, 6) is 0. The first kappa shape index (κ1) is 52.1. The average Bonchev–Trinajstić information content (AvgIpc) is 3.94. The van der Waals surface area contributed by atoms with Gasteiger partial charge in [0.2, 0.25) is 0 Å². The minimum atomic E-state index is -3.13. The van der Waals surface area contributed by atoms with Crippen LogP contribution in [-0.4, -0.2) is 45.1 Å². The van der Waals surface area contributed by atoms with Gasteiger partial charge in [-0.25, -0.2) is 0 Å². The van der Waals surface area contributed by atoms with Crippen molar-refractivity contribution in [2.45, 2.75) is 273 Å². The molecule has 3 atom stereocenters. The van der Waals surface area contributed by atoms with Gasteiger partial charge in [0, 0.05) is 17.0 Å². The maximum atomic E-state index is 12.5. The molecule has 7 fully saturated rings. The van der Waals surface area contributed by atoms with E-state index in [4.69, 9.17) is 27.9 Å². The topological polar surface area (TPSA) is 136 Å². The molecule has 3 unspecified atom stereocenters. The molecule has 337 valence electrons. The molecule has 1 radical (unpaired) electrons. The Kier molecular flexibility index (Phi) is 31.3. The van der Waals surface area contributed by atoms with Crippen LogP contribution in [0, 0.1) is 6.42 Å². The number of hydrogen-bond donors (Lipinski definition) is 2. The van der Waals surface area contributed by atoms with Gasteiger partial charge in [-0.15, -0.1) is 0 Å². The van der Waals surface area contributed by atoms with Gasteiger partial charge < -0.3 is 23.4 Å². The lowest BCUT2D eigenvalue weighted by Gasteiger charge is -2.26. The van der Waals surface area contributed by atoms with Gasteiger partial charge in [-0.3, -0.25) is 18.3 Å². The second-order valence-corrected chi connectivity index (χ2v) is 23.6. The molecule has 0 aliphatic heterocycles. The molecule has 13 heteroatoms. The van der Waals surface area contributed by atoms with Crippen LogP contribution in [0.3, 0.4) is 0 Å². The van der Waals surface area contributed by atoms with Crippen molar-refractivity contribution in [2.75, 3.05) is 0 Å². The predicted octanol–water partition coefficient (Wildman–Crippen LogP) is 14.7. The largest absolute Gasteiger partial charge is 0.327 e. The number of rotatable bonds is 9. The van der Waals surface area contributed by atoms with Crippen LogP contribution >= 0.6 is 32.3 Å². The average molecular weight is 884 g/mol. The number of hydrogen-bond acceptors (Lipinski definition) is 7. The van der Waals surface area contributed by atoms with E-state index in [-0.39, 0.29) is 0 Å². The molecule has 0 heterocycles. The summed E-state index contributed by atoms with van der Waals surface area (Å²) < 4.78 is 62.5. The smallest absolute Gasteiger partial charge is 0.314 e. The van der Waals surface area contributed by atoms with Crippen molar-refractivity contribution in [3.8, 4) is 0 Å². The zero-order valence-electron chi connectivity index (χ0n) is 36.0. The summed E-state index contributed by atoms with van der Waals surface area (Å²) in [5.41, 5.74) is 1.21. The van der Waals surface area contributed by atoms with Crippen LogP contribution < -0.4 is 0 Å². The van der Waals surface area contributed by atoms with E-state index in [1.807, 2.05) is 0 Å². The molecule has 0 spiro atoms. The van der Waals surface area contributed by atoms with Gasteiger partial charge in [0.1, 0.15) is 0 Å². The summed E-state index contributed by atoms with van der Waals surface area (Å²) in [7, 11) is -8.37. The summed E-state index contributed by atoms with van der Waals surface area (Å²) in [4.78, 5) is 14.3. The first-order chi connectivity index (χ1) is 27.8. The van der Waals surface area contributed by atoms with Gasteiger partial charge in [0.15, 0.2) is 24.1 Å². The Hall–Kier alpha value is 0.720. The minimum Gasteiger partial charge on any atom is -0.327 e. The molecule has 7 aliphatic carbocycles. The molecule has 9 nitrogen and oxygen atoms in total. The van der Waals surface area contributed by atoms with Crippen LogP contribution in [-0.2, 0) is 31.8 Å². The van der Waals surface area contributed by atoms with Gasteiger partial charge in [-0.1, -0.05) is 161 Å². The van der Waals surface area contributed by atoms with Gasteiger partial charge >= 0.3 is 8.25 Å². The highest BCUT2D eigenvalue weighted by molar-refractivity contribution is 7.40. The molecule has 0 saturated heterocycles. The molecule has 2 N–H and O–H groups in total. The highest BCUT2D eigenvalue weighted by Gasteiger charge is 2.27. The fourth-order valence-electron chi connectivity index (χ4n) is 9.60. The Morgan fingerprint density at radius 1 is 0.316 bits per heavy atom. The fourth-order valence-corrected chi connectivity index (χ4v) is 14.5. The molecule has 7 saturated carbocycles. The Morgan fingerprint density at radius 3 is 0.754 bits per heavy atom. The first-order valence-corrected chi connectivity index (χ1v) is 29.6. The zero-order valence-corrected chi connectivity index (χ0v) is 40.0. The van der Waals surface area contributed by atoms with Crippen LogP contribution in [0.2, 0.25) is 0 Å². The van der Waals surface area contributed by atoms with Crippen LogP contribution in [0.4, 0.5) is 0 Å². The maximum absolute atomic E-state index is 12.5.